The lowest BCUT2D eigenvalue weighted by Crippen LogP contribution is -2.46. The number of para-hydroxylation sites is 2. The van der Waals surface area contributed by atoms with Crippen LogP contribution in [-0.2, 0) is 14.8 Å². The monoisotopic (exact) mass is 441 g/mol. The summed E-state index contributed by atoms with van der Waals surface area (Å²) in [5, 5.41) is 2.98. The number of amides is 1. The van der Waals surface area contributed by atoms with Crippen molar-refractivity contribution in [2.75, 3.05) is 26.2 Å². The van der Waals surface area contributed by atoms with Gasteiger partial charge in [-0.3, -0.25) is 4.79 Å². The van der Waals surface area contributed by atoms with E-state index in [0.717, 1.165) is 5.75 Å². The number of rotatable bonds is 3. The maximum absolute atomic E-state index is 12.7. The molecule has 0 radical (unpaired) electrons. The van der Waals surface area contributed by atoms with Gasteiger partial charge < -0.3 is 19.7 Å². The molecule has 1 saturated heterocycles. The molecule has 0 aromatic heterocycles. The largest absolute Gasteiger partial charge is 0.486 e. The van der Waals surface area contributed by atoms with Crippen molar-refractivity contribution in [3.63, 3.8) is 0 Å². The lowest BCUT2D eigenvalue weighted by atomic mass is 9.95. The predicted molar refractivity (Wildman–Crippen MR) is 114 cm³/mol. The molecule has 1 N–H and O–H groups in total. The third-order valence-corrected chi connectivity index (χ3v) is 7.17. The van der Waals surface area contributed by atoms with Crippen molar-refractivity contribution < 1.29 is 22.7 Å². The Kier molecular flexibility index (Phi) is 5.05. The topological polar surface area (TPSA) is 97.3 Å². The quantitative estimate of drug-likeness (QED) is 0.780. The van der Waals surface area contributed by atoms with Crippen LogP contribution < -0.4 is 14.8 Å². The van der Waals surface area contributed by atoms with Crippen molar-refractivity contribution in [3.05, 3.63) is 54.1 Å². The van der Waals surface area contributed by atoms with E-state index in [9.17, 15) is 13.2 Å². The minimum Gasteiger partial charge on any atom is -0.486 e. The summed E-state index contributed by atoms with van der Waals surface area (Å²) in [5.74, 6) is 1.76. The van der Waals surface area contributed by atoms with Gasteiger partial charge in [0.05, 0.1) is 6.54 Å². The molecule has 162 valence electrons. The molecule has 3 heterocycles. The summed E-state index contributed by atoms with van der Waals surface area (Å²) in [7, 11) is -3.63. The standard InChI is InChI=1S/C22H23N3O5S/c26-22(23-13-16-14-29-18-6-2-3-7-19(18)30-16)15-9-11-25(12-10-15)21-17-5-1-4-8-20(17)31(27,28)24-21/h1-8,15-16H,9-14H2,(H,23,26). The number of ether oxygens (including phenoxy) is 2. The first-order chi connectivity index (χ1) is 15.0. The Balaban J connectivity index is 1.15. The smallest absolute Gasteiger partial charge is 0.285 e. The highest BCUT2D eigenvalue weighted by Crippen LogP contribution is 2.31. The van der Waals surface area contributed by atoms with Gasteiger partial charge >= 0.3 is 0 Å². The maximum atomic E-state index is 12.7. The molecule has 0 saturated carbocycles. The predicted octanol–water partition coefficient (Wildman–Crippen LogP) is 1.80. The highest BCUT2D eigenvalue weighted by molar-refractivity contribution is 7.90. The van der Waals surface area contributed by atoms with Gasteiger partial charge in [-0.15, -0.1) is 4.40 Å². The summed E-state index contributed by atoms with van der Waals surface area (Å²) in [6.45, 7) is 1.93. The third-order valence-electron chi connectivity index (χ3n) is 5.85. The van der Waals surface area contributed by atoms with E-state index in [-0.39, 0.29) is 22.8 Å². The Morgan fingerprint density at radius 2 is 1.77 bits per heavy atom. The highest BCUT2D eigenvalue weighted by atomic mass is 32.2. The van der Waals surface area contributed by atoms with E-state index in [0.29, 0.717) is 56.2 Å². The molecule has 0 aliphatic carbocycles. The van der Waals surface area contributed by atoms with E-state index in [1.807, 2.05) is 35.2 Å². The Labute approximate surface area is 180 Å². The number of piperidine rings is 1. The van der Waals surface area contributed by atoms with Crippen molar-refractivity contribution >= 4 is 21.8 Å². The van der Waals surface area contributed by atoms with Gasteiger partial charge in [0.15, 0.2) is 17.3 Å². The molecule has 1 atom stereocenters. The van der Waals surface area contributed by atoms with E-state index in [2.05, 4.69) is 9.71 Å². The lowest BCUT2D eigenvalue weighted by molar-refractivity contribution is -0.126. The van der Waals surface area contributed by atoms with Gasteiger partial charge in [0.2, 0.25) is 5.91 Å². The Morgan fingerprint density at radius 3 is 2.58 bits per heavy atom. The normalized spacial score (nSPS) is 21.9. The van der Waals surface area contributed by atoms with Gasteiger partial charge in [-0.1, -0.05) is 24.3 Å². The van der Waals surface area contributed by atoms with Gasteiger partial charge in [0, 0.05) is 24.6 Å². The SMILES string of the molecule is O=C(NCC1COc2ccccc2O1)C1CCN(C2=NS(=O)(=O)c3ccccc32)CC1. The summed E-state index contributed by atoms with van der Waals surface area (Å²) in [6.07, 6.45) is 1.05. The van der Waals surface area contributed by atoms with Crippen LogP contribution in [0.3, 0.4) is 0 Å². The number of fused-ring (bicyclic) bond motifs is 2. The Hall–Kier alpha value is -3.07. The number of nitrogens with zero attached hydrogens (tertiary/aromatic N) is 2. The second-order valence-electron chi connectivity index (χ2n) is 7.89. The zero-order valence-electron chi connectivity index (χ0n) is 16.9. The zero-order chi connectivity index (χ0) is 21.4. The molecule has 8 nitrogen and oxygen atoms in total. The minimum absolute atomic E-state index is 0.0107. The van der Waals surface area contributed by atoms with E-state index in [4.69, 9.17) is 9.47 Å². The van der Waals surface area contributed by atoms with Crippen LogP contribution in [0.25, 0.3) is 0 Å². The zero-order valence-corrected chi connectivity index (χ0v) is 17.7. The number of amidine groups is 1. The molecule has 2 aromatic rings. The van der Waals surface area contributed by atoms with Crippen molar-refractivity contribution in [1.82, 2.24) is 10.2 Å². The summed E-state index contributed by atoms with van der Waals surface area (Å²) in [5.41, 5.74) is 0.639. The first-order valence-electron chi connectivity index (χ1n) is 10.4. The van der Waals surface area contributed by atoms with Gasteiger partial charge in [0.1, 0.15) is 17.6 Å². The molecular weight excluding hydrogens is 418 g/mol. The fourth-order valence-corrected chi connectivity index (χ4v) is 5.42. The number of carbonyl (C=O) groups excluding carboxylic acids is 1. The van der Waals surface area contributed by atoms with E-state index in [1.165, 1.54) is 0 Å². The first kappa shape index (κ1) is 19.9. The molecule has 2 aromatic carbocycles. The van der Waals surface area contributed by atoms with Crippen LogP contribution in [0.1, 0.15) is 18.4 Å². The first-order valence-corrected chi connectivity index (χ1v) is 11.8. The maximum Gasteiger partial charge on any atom is 0.285 e. The van der Waals surface area contributed by atoms with E-state index in [1.54, 1.807) is 18.2 Å². The van der Waals surface area contributed by atoms with Crippen LogP contribution in [0.2, 0.25) is 0 Å². The average molecular weight is 442 g/mol. The van der Waals surface area contributed by atoms with Crippen molar-refractivity contribution in [1.29, 1.82) is 0 Å². The van der Waals surface area contributed by atoms with Crippen molar-refractivity contribution in [3.8, 4) is 11.5 Å². The average Bonchev–Trinajstić information content (AvgIpc) is 3.08. The second kappa shape index (κ2) is 7.88. The van der Waals surface area contributed by atoms with Crippen LogP contribution >= 0.6 is 0 Å². The molecule has 1 fully saturated rings. The number of nitrogens with one attached hydrogen (secondary N) is 1. The molecule has 1 amide bonds. The summed E-state index contributed by atoms with van der Waals surface area (Å²) >= 11 is 0. The van der Waals surface area contributed by atoms with E-state index < -0.39 is 10.0 Å². The Bertz CT molecular complexity index is 1140. The molecule has 9 heteroatoms. The van der Waals surface area contributed by atoms with Gasteiger partial charge in [-0.05, 0) is 37.1 Å². The molecule has 31 heavy (non-hydrogen) atoms. The fraction of sp³-hybridized carbons (Fsp3) is 0.364. The van der Waals surface area contributed by atoms with Crippen LogP contribution in [-0.4, -0.2) is 57.4 Å². The molecule has 0 bridgehead atoms. The number of hydrogen-bond donors (Lipinski definition) is 1. The number of likely N-dealkylation sites (tertiary alicyclic amines) is 1. The van der Waals surface area contributed by atoms with Crippen molar-refractivity contribution in [2.45, 2.75) is 23.8 Å². The van der Waals surface area contributed by atoms with Gasteiger partial charge in [-0.25, -0.2) is 0 Å². The molecule has 5 rings (SSSR count). The minimum atomic E-state index is -3.63. The molecular formula is C22H23N3O5S. The van der Waals surface area contributed by atoms with Gasteiger partial charge in [0.25, 0.3) is 10.0 Å². The van der Waals surface area contributed by atoms with E-state index >= 15 is 0 Å². The lowest BCUT2D eigenvalue weighted by Gasteiger charge is -2.33. The van der Waals surface area contributed by atoms with Crippen LogP contribution in [0.5, 0.6) is 11.5 Å². The second-order valence-corrected chi connectivity index (χ2v) is 9.46. The molecule has 1 unspecified atom stereocenters. The number of benzene rings is 2. The summed E-state index contributed by atoms with van der Waals surface area (Å²) < 4.78 is 40.1. The summed E-state index contributed by atoms with van der Waals surface area (Å²) in [4.78, 5) is 14.9. The fourth-order valence-electron chi connectivity index (χ4n) is 4.19. The Morgan fingerprint density at radius 1 is 1.06 bits per heavy atom. The van der Waals surface area contributed by atoms with Crippen LogP contribution in [0.15, 0.2) is 57.8 Å². The molecule has 3 aliphatic rings. The van der Waals surface area contributed by atoms with Crippen molar-refractivity contribution in [2.24, 2.45) is 10.3 Å². The third kappa shape index (κ3) is 3.85. The molecule has 0 spiro atoms. The number of carbonyl (C=O) groups is 1. The van der Waals surface area contributed by atoms with Crippen LogP contribution in [0, 0.1) is 5.92 Å². The summed E-state index contributed by atoms with van der Waals surface area (Å²) in [6, 6.07) is 14.4. The van der Waals surface area contributed by atoms with Crippen LogP contribution in [0.4, 0.5) is 0 Å². The molecule has 3 aliphatic heterocycles. The van der Waals surface area contributed by atoms with Gasteiger partial charge in [-0.2, -0.15) is 8.42 Å². The number of hydrogen-bond acceptors (Lipinski definition) is 6. The highest BCUT2D eigenvalue weighted by Gasteiger charge is 2.34. The number of sulfonamides is 1.